The number of thioether (sulfide) groups is 1. The zero-order valence-electron chi connectivity index (χ0n) is 7.55. The first-order valence-corrected chi connectivity index (χ1v) is 5.03. The largest absolute Gasteiger partial charge is 0.129 e. The average molecular weight is 168 g/mol. The summed E-state index contributed by atoms with van der Waals surface area (Å²) < 4.78 is 0. The molecule has 0 heterocycles. The maximum atomic E-state index is 3.97. The van der Waals surface area contributed by atoms with Gasteiger partial charge >= 0.3 is 0 Å². The van der Waals surface area contributed by atoms with Gasteiger partial charge in [-0.05, 0) is 31.2 Å². The summed E-state index contributed by atoms with van der Waals surface area (Å²) in [5, 5.41) is 0. The summed E-state index contributed by atoms with van der Waals surface area (Å²) in [6.07, 6.45) is 9.29. The van der Waals surface area contributed by atoms with Crippen LogP contribution in [0.3, 0.4) is 0 Å². The van der Waals surface area contributed by atoms with Gasteiger partial charge in [-0.3, -0.25) is 0 Å². The number of rotatable bonds is 4. The predicted octanol–water partition coefficient (Wildman–Crippen LogP) is 3.78. The second kappa shape index (κ2) is 6.29. The highest BCUT2D eigenvalue weighted by Crippen LogP contribution is 2.22. The molecule has 0 N–H and O–H groups in total. The molecule has 0 amide bonds. The van der Waals surface area contributed by atoms with Crippen LogP contribution in [0, 0.1) is 0 Å². The van der Waals surface area contributed by atoms with E-state index in [9.17, 15) is 0 Å². The fourth-order valence-electron chi connectivity index (χ4n) is 0.688. The molecule has 0 unspecified atom stereocenters. The lowest BCUT2D eigenvalue weighted by atomic mass is 10.2. The van der Waals surface area contributed by atoms with Crippen LogP contribution in [0.5, 0.6) is 0 Å². The third-order valence-electron chi connectivity index (χ3n) is 1.44. The van der Waals surface area contributed by atoms with Crippen LogP contribution in [0.1, 0.15) is 20.3 Å². The molecular weight excluding hydrogens is 152 g/mol. The van der Waals surface area contributed by atoms with Crippen LogP contribution in [-0.4, -0.2) is 6.26 Å². The fraction of sp³-hybridized carbons (Fsp3) is 0.400. The second-order valence-electron chi connectivity index (χ2n) is 2.22. The molecule has 0 atom stereocenters. The Kier molecular flexibility index (Phi) is 6.05. The Hall–Kier alpha value is -0.430. The van der Waals surface area contributed by atoms with Gasteiger partial charge < -0.3 is 0 Å². The Labute approximate surface area is 74.1 Å². The minimum absolute atomic E-state index is 1.03. The van der Waals surface area contributed by atoms with E-state index in [1.165, 1.54) is 10.5 Å². The normalized spacial score (nSPS) is 12.5. The highest BCUT2D eigenvalue weighted by Gasteiger charge is 1.95. The van der Waals surface area contributed by atoms with Crippen molar-refractivity contribution in [2.24, 2.45) is 0 Å². The molecule has 1 heteroatoms. The van der Waals surface area contributed by atoms with Gasteiger partial charge in [0.05, 0.1) is 0 Å². The summed E-state index contributed by atoms with van der Waals surface area (Å²) >= 11 is 1.75. The van der Waals surface area contributed by atoms with E-state index in [0.717, 1.165) is 6.42 Å². The Morgan fingerprint density at radius 3 is 2.55 bits per heavy atom. The summed E-state index contributed by atoms with van der Waals surface area (Å²) in [6, 6.07) is 0. The van der Waals surface area contributed by atoms with E-state index in [1.807, 2.05) is 19.1 Å². The Morgan fingerprint density at radius 1 is 1.55 bits per heavy atom. The van der Waals surface area contributed by atoms with Crippen molar-refractivity contribution >= 4 is 11.8 Å². The van der Waals surface area contributed by atoms with Crippen LogP contribution < -0.4 is 0 Å². The predicted molar refractivity (Wildman–Crippen MR) is 55.8 cm³/mol. The molecule has 0 aromatic rings. The SMILES string of the molecule is C=C(CC)/C(=C\C=C/C)SC. The molecule has 11 heavy (non-hydrogen) atoms. The third-order valence-corrected chi connectivity index (χ3v) is 2.30. The summed E-state index contributed by atoms with van der Waals surface area (Å²) in [5.41, 5.74) is 1.22. The lowest BCUT2D eigenvalue weighted by Gasteiger charge is -2.02. The lowest BCUT2D eigenvalue weighted by Crippen LogP contribution is -1.79. The summed E-state index contributed by atoms with van der Waals surface area (Å²) in [6.45, 7) is 8.12. The van der Waals surface area contributed by atoms with Crippen molar-refractivity contribution in [3.05, 3.63) is 35.3 Å². The van der Waals surface area contributed by atoms with Gasteiger partial charge in [0.1, 0.15) is 0 Å². The van der Waals surface area contributed by atoms with Crippen LogP contribution in [0.15, 0.2) is 35.3 Å². The molecule has 0 bridgehead atoms. The minimum atomic E-state index is 1.03. The van der Waals surface area contributed by atoms with Gasteiger partial charge in [-0.25, -0.2) is 0 Å². The molecule has 0 rings (SSSR count). The van der Waals surface area contributed by atoms with E-state index >= 15 is 0 Å². The van der Waals surface area contributed by atoms with E-state index < -0.39 is 0 Å². The average Bonchev–Trinajstić information content (AvgIpc) is 2.05. The molecule has 0 aliphatic rings. The fourth-order valence-corrected chi connectivity index (χ4v) is 1.34. The van der Waals surface area contributed by atoms with Crippen molar-refractivity contribution < 1.29 is 0 Å². The molecule has 0 radical (unpaired) electrons. The number of allylic oxidation sites excluding steroid dienone is 4. The summed E-state index contributed by atoms with van der Waals surface area (Å²) in [5.74, 6) is 0. The summed E-state index contributed by atoms with van der Waals surface area (Å²) in [7, 11) is 0. The number of hydrogen-bond donors (Lipinski definition) is 0. The van der Waals surface area contributed by atoms with Crippen molar-refractivity contribution in [3.63, 3.8) is 0 Å². The molecule has 0 aliphatic heterocycles. The van der Waals surface area contributed by atoms with Crippen molar-refractivity contribution in [2.45, 2.75) is 20.3 Å². The Bertz CT molecular complexity index is 175. The van der Waals surface area contributed by atoms with Crippen molar-refractivity contribution in [1.29, 1.82) is 0 Å². The van der Waals surface area contributed by atoms with Gasteiger partial charge in [0.15, 0.2) is 0 Å². The molecule has 0 aromatic carbocycles. The maximum Gasteiger partial charge on any atom is 0.00950 e. The minimum Gasteiger partial charge on any atom is -0.129 e. The van der Waals surface area contributed by atoms with Gasteiger partial charge in [0.2, 0.25) is 0 Å². The Morgan fingerprint density at radius 2 is 2.18 bits per heavy atom. The first kappa shape index (κ1) is 10.6. The molecule has 0 aliphatic carbocycles. The van der Waals surface area contributed by atoms with Gasteiger partial charge in [-0.2, -0.15) is 0 Å². The van der Waals surface area contributed by atoms with E-state index in [0.29, 0.717) is 0 Å². The first-order chi connectivity index (χ1) is 5.26. The topological polar surface area (TPSA) is 0 Å². The van der Waals surface area contributed by atoms with Gasteiger partial charge in [0.25, 0.3) is 0 Å². The molecule has 0 spiro atoms. The molecule has 0 saturated carbocycles. The smallest absolute Gasteiger partial charge is 0.00950 e. The van der Waals surface area contributed by atoms with Crippen LogP contribution in [0.4, 0.5) is 0 Å². The molecule has 62 valence electrons. The van der Waals surface area contributed by atoms with Crippen molar-refractivity contribution in [1.82, 2.24) is 0 Å². The van der Waals surface area contributed by atoms with Crippen LogP contribution in [-0.2, 0) is 0 Å². The quantitative estimate of drug-likeness (QED) is 0.576. The molecule has 0 saturated heterocycles. The highest BCUT2D eigenvalue weighted by molar-refractivity contribution is 8.02. The molecule has 0 nitrogen and oxygen atoms in total. The van der Waals surface area contributed by atoms with Crippen LogP contribution in [0.2, 0.25) is 0 Å². The lowest BCUT2D eigenvalue weighted by molar-refractivity contribution is 1.15. The van der Waals surface area contributed by atoms with Gasteiger partial charge in [-0.15, -0.1) is 11.8 Å². The monoisotopic (exact) mass is 168 g/mol. The van der Waals surface area contributed by atoms with Gasteiger partial charge in [0, 0.05) is 4.91 Å². The first-order valence-electron chi connectivity index (χ1n) is 3.81. The van der Waals surface area contributed by atoms with E-state index in [4.69, 9.17) is 0 Å². The van der Waals surface area contributed by atoms with E-state index in [-0.39, 0.29) is 0 Å². The Balaban J connectivity index is 4.26. The highest BCUT2D eigenvalue weighted by atomic mass is 32.2. The van der Waals surface area contributed by atoms with Gasteiger partial charge in [-0.1, -0.05) is 25.7 Å². The van der Waals surface area contributed by atoms with E-state index in [1.54, 1.807) is 11.8 Å². The van der Waals surface area contributed by atoms with Crippen LogP contribution >= 0.6 is 11.8 Å². The molecule has 0 aromatic heterocycles. The maximum absolute atomic E-state index is 3.97. The summed E-state index contributed by atoms with van der Waals surface area (Å²) in [4.78, 5) is 1.28. The molecular formula is C10H16S. The zero-order chi connectivity index (χ0) is 8.69. The van der Waals surface area contributed by atoms with Crippen molar-refractivity contribution in [2.75, 3.05) is 6.26 Å². The van der Waals surface area contributed by atoms with E-state index in [2.05, 4.69) is 25.8 Å². The van der Waals surface area contributed by atoms with Crippen LogP contribution in [0.25, 0.3) is 0 Å². The number of hydrogen-bond acceptors (Lipinski definition) is 1. The second-order valence-corrected chi connectivity index (χ2v) is 3.07. The zero-order valence-corrected chi connectivity index (χ0v) is 8.37. The molecule has 0 fully saturated rings. The van der Waals surface area contributed by atoms with Crippen molar-refractivity contribution in [3.8, 4) is 0 Å². The standard InChI is InChI=1S/C10H16S/c1-5-7-8-10(11-4)9(3)6-2/h5,7-8H,3,6H2,1-2,4H3/b7-5-,10-8+. The third kappa shape index (κ3) is 4.10.